The van der Waals surface area contributed by atoms with Crippen LogP contribution >= 0.6 is 0 Å². The van der Waals surface area contributed by atoms with Gasteiger partial charge in [-0.05, 0) is 5.53 Å². The molecule has 0 N–H and O–H groups in total. The Labute approximate surface area is 148 Å². The van der Waals surface area contributed by atoms with Gasteiger partial charge in [0, 0.05) is 32.6 Å². The van der Waals surface area contributed by atoms with E-state index < -0.39 is 54.5 Å². The van der Waals surface area contributed by atoms with Crippen molar-refractivity contribution in [2.75, 3.05) is 6.61 Å². The first-order valence-electron chi connectivity index (χ1n) is 7.50. The highest BCUT2D eigenvalue weighted by Crippen LogP contribution is 2.29. The molecule has 1 saturated heterocycles. The van der Waals surface area contributed by atoms with Crippen LogP contribution in [0.2, 0.25) is 0 Å². The van der Waals surface area contributed by atoms with Crippen molar-refractivity contribution in [2.45, 2.75) is 58.3 Å². The highest BCUT2D eigenvalue weighted by molar-refractivity contribution is 5.68. The van der Waals surface area contributed by atoms with Crippen LogP contribution in [0, 0.1) is 0 Å². The van der Waals surface area contributed by atoms with Crippen LogP contribution in [0.3, 0.4) is 0 Å². The number of hydrogen-bond acceptors (Lipinski definition) is 10. The lowest BCUT2D eigenvalue weighted by molar-refractivity contribution is -0.251. The third-order valence-corrected chi connectivity index (χ3v) is 3.13. The van der Waals surface area contributed by atoms with E-state index in [0.717, 1.165) is 27.7 Å². The summed E-state index contributed by atoms with van der Waals surface area (Å²) in [4.78, 5) is 48.0. The maximum atomic E-state index is 11.5. The second-order valence-electron chi connectivity index (χ2n) is 5.29. The maximum absolute atomic E-state index is 11.5. The first-order valence-corrected chi connectivity index (χ1v) is 7.50. The van der Waals surface area contributed by atoms with Gasteiger partial charge in [0.05, 0.1) is 0 Å². The van der Waals surface area contributed by atoms with Crippen LogP contribution in [0.1, 0.15) is 27.7 Å². The number of azide groups is 1. The van der Waals surface area contributed by atoms with Crippen molar-refractivity contribution in [3.63, 3.8) is 0 Å². The Morgan fingerprint density at radius 1 is 0.885 bits per heavy atom. The smallest absolute Gasteiger partial charge is 0.303 e. The average Bonchev–Trinajstić information content (AvgIpc) is 2.50. The van der Waals surface area contributed by atoms with Crippen molar-refractivity contribution in [1.29, 1.82) is 0 Å². The van der Waals surface area contributed by atoms with Gasteiger partial charge in [-0.15, -0.1) is 0 Å². The second kappa shape index (κ2) is 9.59. The van der Waals surface area contributed by atoms with E-state index in [9.17, 15) is 19.2 Å². The van der Waals surface area contributed by atoms with E-state index in [-0.39, 0.29) is 6.61 Å². The highest BCUT2D eigenvalue weighted by atomic mass is 16.7. The van der Waals surface area contributed by atoms with Crippen LogP contribution in [-0.4, -0.2) is 61.1 Å². The van der Waals surface area contributed by atoms with Crippen molar-refractivity contribution in [2.24, 2.45) is 5.11 Å². The maximum Gasteiger partial charge on any atom is 0.303 e. The molecule has 12 nitrogen and oxygen atoms in total. The van der Waals surface area contributed by atoms with Gasteiger partial charge in [0.2, 0.25) is 0 Å². The van der Waals surface area contributed by atoms with E-state index in [1.165, 1.54) is 0 Å². The predicted octanol–water partition coefficient (Wildman–Crippen LogP) is 0.380. The zero-order chi connectivity index (χ0) is 19.9. The van der Waals surface area contributed by atoms with Gasteiger partial charge in [-0.1, -0.05) is 5.11 Å². The van der Waals surface area contributed by atoms with Crippen molar-refractivity contribution < 1.29 is 42.9 Å². The summed E-state index contributed by atoms with van der Waals surface area (Å²) in [5, 5.41) is 3.38. The van der Waals surface area contributed by atoms with Crippen LogP contribution < -0.4 is 0 Å². The van der Waals surface area contributed by atoms with Crippen LogP contribution in [0.5, 0.6) is 0 Å². The summed E-state index contributed by atoms with van der Waals surface area (Å²) in [5.74, 6) is -2.92. The predicted molar refractivity (Wildman–Crippen MR) is 81.1 cm³/mol. The Balaban J connectivity index is 3.28. The SMILES string of the molecule is CC(=O)OC[C@H]1OC(N=[N+]=[N-])[C@H](OC(C)=O)[C@@H](OC(C)=O)[C@H]1OC(C)=O. The third-order valence-electron chi connectivity index (χ3n) is 3.13. The van der Waals surface area contributed by atoms with Crippen LogP contribution in [-0.2, 0) is 42.9 Å². The molecule has 12 heteroatoms. The normalized spacial score (nSPS) is 27.5. The van der Waals surface area contributed by atoms with Gasteiger partial charge in [0.25, 0.3) is 0 Å². The molecule has 0 saturated carbocycles. The van der Waals surface area contributed by atoms with E-state index >= 15 is 0 Å². The second-order valence-corrected chi connectivity index (χ2v) is 5.29. The summed E-state index contributed by atoms with van der Waals surface area (Å²) in [5.41, 5.74) is 8.71. The molecule has 0 aliphatic carbocycles. The zero-order valence-electron chi connectivity index (χ0n) is 14.6. The quantitative estimate of drug-likeness (QED) is 0.210. The Morgan fingerprint density at radius 3 is 1.85 bits per heavy atom. The number of esters is 4. The van der Waals surface area contributed by atoms with E-state index in [0.29, 0.717) is 0 Å². The molecule has 0 amide bonds. The standard InChI is InChI=1S/C14H19N3O9/c1-6(18)22-5-10-11(23-7(2)19)12(24-8(3)20)13(25-9(4)21)14(26-10)16-17-15/h10-14H,5H2,1-4H3/t10-,11+,12+,13-,14?/m1/s1. The molecule has 1 rings (SSSR count). The number of rotatable bonds is 6. The van der Waals surface area contributed by atoms with Gasteiger partial charge < -0.3 is 23.7 Å². The van der Waals surface area contributed by atoms with Gasteiger partial charge in [-0.25, -0.2) is 0 Å². The Morgan fingerprint density at radius 2 is 1.38 bits per heavy atom. The van der Waals surface area contributed by atoms with Gasteiger partial charge in [-0.2, -0.15) is 0 Å². The molecule has 26 heavy (non-hydrogen) atoms. The first-order chi connectivity index (χ1) is 12.1. The van der Waals surface area contributed by atoms with Crippen LogP contribution in [0.15, 0.2) is 5.11 Å². The van der Waals surface area contributed by atoms with Crippen molar-refractivity contribution in [3.05, 3.63) is 10.4 Å². The van der Waals surface area contributed by atoms with Gasteiger partial charge in [0.1, 0.15) is 12.7 Å². The largest absolute Gasteiger partial charge is 0.463 e. The number of hydrogen-bond donors (Lipinski definition) is 0. The molecule has 1 heterocycles. The average molecular weight is 373 g/mol. The van der Waals surface area contributed by atoms with Gasteiger partial charge in [0.15, 0.2) is 24.5 Å². The molecule has 0 bridgehead atoms. The van der Waals surface area contributed by atoms with Gasteiger partial charge >= 0.3 is 23.9 Å². The van der Waals surface area contributed by atoms with Crippen molar-refractivity contribution in [3.8, 4) is 0 Å². The monoisotopic (exact) mass is 373 g/mol. The Kier molecular flexibility index (Phi) is 7.81. The number of ether oxygens (including phenoxy) is 5. The molecule has 144 valence electrons. The van der Waals surface area contributed by atoms with E-state index in [2.05, 4.69) is 10.0 Å². The fraction of sp³-hybridized carbons (Fsp3) is 0.714. The molecule has 0 aromatic carbocycles. The van der Waals surface area contributed by atoms with Crippen molar-refractivity contribution in [1.82, 2.24) is 0 Å². The molecule has 1 unspecified atom stereocenters. The summed E-state index contributed by atoms with van der Waals surface area (Å²) >= 11 is 0. The fourth-order valence-electron chi connectivity index (χ4n) is 2.35. The molecule has 0 aromatic rings. The van der Waals surface area contributed by atoms with E-state index in [1.807, 2.05) is 0 Å². The highest BCUT2D eigenvalue weighted by Gasteiger charge is 2.51. The molecule has 0 spiro atoms. The Bertz CT molecular complexity index is 617. The topological polar surface area (TPSA) is 163 Å². The fourth-order valence-corrected chi connectivity index (χ4v) is 2.35. The minimum absolute atomic E-state index is 0.380. The summed E-state index contributed by atoms with van der Waals surface area (Å²) in [6.45, 7) is 4.06. The summed E-state index contributed by atoms with van der Waals surface area (Å²) < 4.78 is 25.6. The summed E-state index contributed by atoms with van der Waals surface area (Å²) in [6.07, 6.45) is -6.52. The van der Waals surface area contributed by atoms with Gasteiger partial charge in [-0.3, -0.25) is 19.2 Å². The minimum atomic E-state index is -1.40. The zero-order valence-corrected chi connectivity index (χ0v) is 14.6. The molecule has 0 radical (unpaired) electrons. The molecule has 1 fully saturated rings. The summed E-state index contributed by atoms with van der Waals surface area (Å²) in [7, 11) is 0. The van der Waals surface area contributed by atoms with Crippen LogP contribution in [0.4, 0.5) is 0 Å². The van der Waals surface area contributed by atoms with E-state index in [4.69, 9.17) is 29.2 Å². The number of nitrogens with zero attached hydrogens (tertiary/aromatic N) is 3. The first kappa shape index (κ1) is 21.2. The Hall–Kier alpha value is -2.85. The molecular weight excluding hydrogens is 354 g/mol. The lowest BCUT2D eigenvalue weighted by atomic mass is 9.97. The number of carbonyl (C=O) groups is 4. The minimum Gasteiger partial charge on any atom is -0.463 e. The molecule has 5 atom stereocenters. The number of carbonyl (C=O) groups excluding carboxylic acids is 4. The van der Waals surface area contributed by atoms with Crippen LogP contribution in [0.25, 0.3) is 10.4 Å². The lowest BCUT2D eigenvalue weighted by Gasteiger charge is -2.43. The van der Waals surface area contributed by atoms with E-state index in [1.54, 1.807) is 0 Å². The molecule has 0 aromatic heterocycles. The molecule has 1 aliphatic heterocycles. The third kappa shape index (κ3) is 6.22. The van der Waals surface area contributed by atoms with Crippen molar-refractivity contribution >= 4 is 23.9 Å². The summed E-state index contributed by atoms with van der Waals surface area (Å²) in [6, 6.07) is 0. The molecular formula is C14H19N3O9. The molecule has 1 aliphatic rings. The lowest BCUT2D eigenvalue weighted by Crippen LogP contribution is -2.61.